The molecule has 0 amide bonds. The van der Waals surface area contributed by atoms with Gasteiger partial charge in [-0.25, -0.2) is 4.39 Å². The Morgan fingerprint density at radius 3 is 2.30 bits per heavy atom. The first-order valence-corrected chi connectivity index (χ1v) is 3.95. The fourth-order valence-corrected chi connectivity index (χ4v) is 1.26. The number of hydrogen-bond donors (Lipinski definition) is 1. The normalized spacial score (nSPS) is 22.8. The maximum Gasteiger partial charge on any atom is 0.156 e. The SMILES string of the molecule is CC(NC(C)(C)F)C1CC1. The smallest absolute Gasteiger partial charge is 0.156 e. The third-order valence-corrected chi connectivity index (χ3v) is 1.90. The second kappa shape index (κ2) is 2.50. The minimum atomic E-state index is -1.21. The lowest BCUT2D eigenvalue weighted by Gasteiger charge is -2.21. The molecule has 1 fully saturated rings. The van der Waals surface area contributed by atoms with Gasteiger partial charge in [-0.15, -0.1) is 0 Å². The van der Waals surface area contributed by atoms with E-state index in [1.807, 2.05) is 0 Å². The fourth-order valence-electron chi connectivity index (χ4n) is 1.26. The predicted molar refractivity (Wildman–Crippen MR) is 40.5 cm³/mol. The van der Waals surface area contributed by atoms with Gasteiger partial charge in [0.05, 0.1) is 0 Å². The van der Waals surface area contributed by atoms with Gasteiger partial charge < -0.3 is 0 Å². The average molecular weight is 145 g/mol. The molecule has 1 atom stereocenters. The van der Waals surface area contributed by atoms with Crippen molar-refractivity contribution in [3.05, 3.63) is 0 Å². The van der Waals surface area contributed by atoms with Crippen molar-refractivity contribution in [1.82, 2.24) is 5.32 Å². The Morgan fingerprint density at radius 2 is 2.00 bits per heavy atom. The lowest BCUT2D eigenvalue weighted by atomic mass is 10.2. The molecule has 0 saturated heterocycles. The molecule has 0 aromatic heterocycles. The van der Waals surface area contributed by atoms with Crippen molar-refractivity contribution in [2.24, 2.45) is 5.92 Å². The molecule has 0 heterocycles. The van der Waals surface area contributed by atoms with Crippen LogP contribution in [0, 0.1) is 5.92 Å². The maximum absolute atomic E-state index is 12.9. The predicted octanol–water partition coefficient (Wildman–Crippen LogP) is 2.08. The highest BCUT2D eigenvalue weighted by molar-refractivity contribution is 4.85. The fraction of sp³-hybridized carbons (Fsp3) is 1.00. The van der Waals surface area contributed by atoms with Crippen LogP contribution in [0.4, 0.5) is 4.39 Å². The number of rotatable bonds is 3. The second-order valence-corrected chi connectivity index (χ2v) is 3.74. The van der Waals surface area contributed by atoms with E-state index in [9.17, 15) is 4.39 Å². The van der Waals surface area contributed by atoms with E-state index in [0.29, 0.717) is 6.04 Å². The monoisotopic (exact) mass is 145 g/mol. The van der Waals surface area contributed by atoms with Crippen LogP contribution < -0.4 is 5.32 Å². The molecule has 0 aliphatic heterocycles. The minimum absolute atomic E-state index is 0.347. The molecule has 10 heavy (non-hydrogen) atoms. The number of halogens is 1. The summed E-state index contributed by atoms with van der Waals surface area (Å²) in [6.45, 7) is 5.18. The molecule has 60 valence electrons. The van der Waals surface area contributed by atoms with Crippen molar-refractivity contribution in [2.75, 3.05) is 0 Å². The van der Waals surface area contributed by atoms with E-state index >= 15 is 0 Å². The summed E-state index contributed by atoms with van der Waals surface area (Å²) >= 11 is 0. The van der Waals surface area contributed by atoms with E-state index in [1.54, 1.807) is 13.8 Å². The topological polar surface area (TPSA) is 12.0 Å². The van der Waals surface area contributed by atoms with Crippen molar-refractivity contribution < 1.29 is 4.39 Å². The van der Waals surface area contributed by atoms with Gasteiger partial charge in [0.2, 0.25) is 0 Å². The molecule has 0 spiro atoms. The first-order valence-electron chi connectivity index (χ1n) is 3.95. The van der Waals surface area contributed by atoms with E-state index in [-0.39, 0.29) is 0 Å². The molecular weight excluding hydrogens is 129 g/mol. The van der Waals surface area contributed by atoms with Crippen LogP contribution in [0.3, 0.4) is 0 Å². The molecule has 1 N–H and O–H groups in total. The highest BCUT2D eigenvalue weighted by atomic mass is 19.1. The zero-order valence-electron chi connectivity index (χ0n) is 6.95. The molecule has 1 unspecified atom stereocenters. The molecule has 1 saturated carbocycles. The van der Waals surface area contributed by atoms with E-state index in [1.165, 1.54) is 12.8 Å². The number of hydrogen-bond acceptors (Lipinski definition) is 1. The summed E-state index contributed by atoms with van der Waals surface area (Å²) < 4.78 is 12.9. The Hall–Kier alpha value is -0.110. The Balaban J connectivity index is 2.23. The van der Waals surface area contributed by atoms with Gasteiger partial charge in [0.15, 0.2) is 5.79 Å². The maximum atomic E-state index is 12.9. The van der Waals surface area contributed by atoms with Crippen LogP contribution in [0.1, 0.15) is 33.6 Å². The Labute approximate surface area is 62.0 Å². The molecule has 0 bridgehead atoms. The summed E-state index contributed by atoms with van der Waals surface area (Å²) in [6, 6.07) is 0.347. The quantitative estimate of drug-likeness (QED) is 0.599. The Bertz CT molecular complexity index is 113. The third kappa shape index (κ3) is 2.65. The van der Waals surface area contributed by atoms with E-state index in [2.05, 4.69) is 12.2 Å². The largest absolute Gasteiger partial charge is 0.283 e. The van der Waals surface area contributed by atoms with Gasteiger partial charge >= 0.3 is 0 Å². The molecule has 2 heteroatoms. The lowest BCUT2D eigenvalue weighted by molar-refractivity contribution is 0.141. The van der Waals surface area contributed by atoms with Gasteiger partial charge in [0.25, 0.3) is 0 Å². The van der Waals surface area contributed by atoms with Crippen molar-refractivity contribution in [3.8, 4) is 0 Å². The van der Waals surface area contributed by atoms with Crippen molar-refractivity contribution in [3.63, 3.8) is 0 Å². The van der Waals surface area contributed by atoms with Crippen LogP contribution in [0.25, 0.3) is 0 Å². The summed E-state index contributed by atoms with van der Waals surface area (Å²) in [5.74, 6) is -0.475. The van der Waals surface area contributed by atoms with Gasteiger partial charge in [-0.1, -0.05) is 0 Å². The van der Waals surface area contributed by atoms with Crippen LogP contribution >= 0.6 is 0 Å². The third-order valence-electron chi connectivity index (χ3n) is 1.90. The minimum Gasteiger partial charge on any atom is -0.283 e. The van der Waals surface area contributed by atoms with E-state index in [0.717, 1.165) is 5.92 Å². The number of nitrogens with one attached hydrogen (secondary N) is 1. The summed E-state index contributed by atoms with van der Waals surface area (Å²) in [6.07, 6.45) is 2.54. The van der Waals surface area contributed by atoms with E-state index in [4.69, 9.17) is 0 Å². The van der Waals surface area contributed by atoms with Crippen LogP contribution in [0.2, 0.25) is 0 Å². The molecule has 0 radical (unpaired) electrons. The Morgan fingerprint density at radius 1 is 1.50 bits per heavy atom. The first kappa shape index (κ1) is 7.99. The van der Waals surface area contributed by atoms with Crippen molar-refractivity contribution in [2.45, 2.75) is 45.4 Å². The molecule has 1 aliphatic rings. The van der Waals surface area contributed by atoms with Gasteiger partial charge in [0.1, 0.15) is 0 Å². The summed E-state index contributed by atoms with van der Waals surface area (Å²) in [7, 11) is 0. The van der Waals surface area contributed by atoms with Crippen LogP contribution in [0.15, 0.2) is 0 Å². The lowest BCUT2D eigenvalue weighted by Crippen LogP contribution is -2.42. The molecule has 1 aliphatic carbocycles. The Kier molecular flexibility index (Phi) is 1.99. The highest BCUT2D eigenvalue weighted by Crippen LogP contribution is 2.33. The zero-order chi connectivity index (χ0) is 7.78. The standard InChI is InChI=1S/C8H16FN/c1-6(7-4-5-7)10-8(2,3)9/h6-7,10H,4-5H2,1-3H3. The summed E-state index contributed by atoms with van der Waals surface area (Å²) in [5.41, 5.74) is 0. The van der Waals surface area contributed by atoms with Gasteiger partial charge in [-0.05, 0) is 39.5 Å². The number of alkyl halides is 1. The highest BCUT2D eigenvalue weighted by Gasteiger charge is 2.31. The van der Waals surface area contributed by atoms with Crippen LogP contribution in [0.5, 0.6) is 0 Å². The van der Waals surface area contributed by atoms with Crippen molar-refractivity contribution in [1.29, 1.82) is 0 Å². The molecule has 0 aromatic rings. The summed E-state index contributed by atoms with van der Waals surface area (Å²) in [5, 5.41) is 2.91. The van der Waals surface area contributed by atoms with Crippen LogP contribution in [-0.2, 0) is 0 Å². The first-order chi connectivity index (χ1) is 4.49. The van der Waals surface area contributed by atoms with Gasteiger partial charge in [-0.3, -0.25) is 5.32 Å². The molecular formula is C8H16FN. The summed E-state index contributed by atoms with van der Waals surface area (Å²) in [4.78, 5) is 0. The van der Waals surface area contributed by atoms with Crippen LogP contribution in [-0.4, -0.2) is 11.8 Å². The average Bonchev–Trinajstić information content (AvgIpc) is 2.35. The molecule has 1 rings (SSSR count). The molecule has 1 nitrogen and oxygen atoms in total. The van der Waals surface area contributed by atoms with E-state index < -0.39 is 5.79 Å². The zero-order valence-corrected chi connectivity index (χ0v) is 6.95. The van der Waals surface area contributed by atoms with Gasteiger partial charge in [-0.2, -0.15) is 0 Å². The molecule has 0 aromatic carbocycles. The van der Waals surface area contributed by atoms with Gasteiger partial charge in [0, 0.05) is 6.04 Å². The van der Waals surface area contributed by atoms with Crippen molar-refractivity contribution >= 4 is 0 Å². The second-order valence-electron chi connectivity index (χ2n) is 3.74.